The Kier molecular flexibility index (Phi) is 6.33. The SMILES string of the molecule is COc1cc(NCCCCCCN)ccn1. The molecule has 16 heavy (non-hydrogen) atoms. The van der Waals surface area contributed by atoms with Crippen molar-refractivity contribution in [2.24, 2.45) is 5.73 Å². The van der Waals surface area contributed by atoms with E-state index in [1.54, 1.807) is 13.3 Å². The number of ether oxygens (including phenoxy) is 1. The zero-order valence-electron chi connectivity index (χ0n) is 9.91. The Morgan fingerprint density at radius 3 is 2.88 bits per heavy atom. The average molecular weight is 223 g/mol. The molecule has 4 heteroatoms. The second kappa shape index (κ2) is 7.93. The summed E-state index contributed by atoms with van der Waals surface area (Å²) in [5.41, 5.74) is 6.49. The lowest BCUT2D eigenvalue weighted by atomic mass is 10.2. The molecule has 0 saturated carbocycles. The Labute approximate surface area is 97.2 Å². The Bertz CT molecular complexity index is 291. The highest BCUT2D eigenvalue weighted by molar-refractivity contribution is 5.44. The molecule has 0 saturated heterocycles. The maximum atomic E-state index is 5.43. The fraction of sp³-hybridized carbons (Fsp3) is 0.583. The van der Waals surface area contributed by atoms with E-state index < -0.39 is 0 Å². The van der Waals surface area contributed by atoms with Crippen LogP contribution in [-0.4, -0.2) is 25.2 Å². The van der Waals surface area contributed by atoms with Crippen LogP contribution in [0.1, 0.15) is 25.7 Å². The third-order valence-corrected chi connectivity index (χ3v) is 2.40. The summed E-state index contributed by atoms with van der Waals surface area (Å²) in [6.07, 6.45) is 6.49. The Balaban J connectivity index is 2.16. The molecule has 1 rings (SSSR count). The van der Waals surface area contributed by atoms with Gasteiger partial charge in [0, 0.05) is 24.5 Å². The fourth-order valence-electron chi connectivity index (χ4n) is 1.49. The summed E-state index contributed by atoms with van der Waals surface area (Å²) in [5.74, 6) is 0.646. The highest BCUT2D eigenvalue weighted by Crippen LogP contribution is 2.13. The van der Waals surface area contributed by atoms with Crippen molar-refractivity contribution in [2.45, 2.75) is 25.7 Å². The molecule has 0 bridgehead atoms. The first-order chi connectivity index (χ1) is 7.86. The second-order valence-corrected chi connectivity index (χ2v) is 3.72. The molecule has 0 spiro atoms. The van der Waals surface area contributed by atoms with E-state index in [0.717, 1.165) is 25.2 Å². The molecule has 0 unspecified atom stereocenters. The summed E-state index contributed by atoms with van der Waals surface area (Å²) in [6.45, 7) is 1.78. The van der Waals surface area contributed by atoms with E-state index in [4.69, 9.17) is 10.5 Å². The molecule has 1 aromatic rings. The summed E-state index contributed by atoms with van der Waals surface area (Å²) >= 11 is 0. The lowest BCUT2D eigenvalue weighted by Crippen LogP contribution is -2.03. The molecule has 4 nitrogen and oxygen atoms in total. The predicted molar refractivity (Wildman–Crippen MR) is 66.8 cm³/mol. The number of hydrogen-bond donors (Lipinski definition) is 2. The van der Waals surface area contributed by atoms with Crippen molar-refractivity contribution in [1.82, 2.24) is 4.98 Å². The number of hydrogen-bond acceptors (Lipinski definition) is 4. The quantitative estimate of drug-likeness (QED) is 0.662. The van der Waals surface area contributed by atoms with Crippen molar-refractivity contribution < 1.29 is 4.74 Å². The molecule has 0 aliphatic carbocycles. The third kappa shape index (κ3) is 4.98. The van der Waals surface area contributed by atoms with Gasteiger partial charge in [0.25, 0.3) is 0 Å². The van der Waals surface area contributed by atoms with Crippen LogP contribution in [0.25, 0.3) is 0 Å². The average Bonchev–Trinajstić information content (AvgIpc) is 2.34. The maximum absolute atomic E-state index is 5.43. The number of nitrogens with two attached hydrogens (primary N) is 1. The lowest BCUT2D eigenvalue weighted by Gasteiger charge is -2.07. The maximum Gasteiger partial charge on any atom is 0.214 e. The van der Waals surface area contributed by atoms with Gasteiger partial charge in [0.2, 0.25) is 5.88 Å². The van der Waals surface area contributed by atoms with Gasteiger partial charge in [0.15, 0.2) is 0 Å². The molecular formula is C12H21N3O. The van der Waals surface area contributed by atoms with E-state index in [-0.39, 0.29) is 0 Å². The van der Waals surface area contributed by atoms with Crippen molar-refractivity contribution in [1.29, 1.82) is 0 Å². The summed E-state index contributed by atoms with van der Waals surface area (Å²) in [4.78, 5) is 4.05. The van der Waals surface area contributed by atoms with Crippen molar-refractivity contribution in [3.8, 4) is 5.88 Å². The summed E-state index contributed by atoms with van der Waals surface area (Å²) in [5, 5.41) is 3.35. The Morgan fingerprint density at radius 2 is 2.12 bits per heavy atom. The van der Waals surface area contributed by atoms with E-state index in [1.807, 2.05) is 12.1 Å². The van der Waals surface area contributed by atoms with Gasteiger partial charge in [-0.05, 0) is 25.5 Å². The van der Waals surface area contributed by atoms with Gasteiger partial charge >= 0.3 is 0 Å². The topological polar surface area (TPSA) is 60.2 Å². The number of pyridine rings is 1. The molecule has 90 valence electrons. The third-order valence-electron chi connectivity index (χ3n) is 2.40. The van der Waals surface area contributed by atoms with Crippen LogP contribution in [0, 0.1) is 0 Å². The van der Waals surface area contributed by atoms with Gasteiger partial charge in [-0.15, -0.1) is 0 Å². The molecular weight excluding hydrogens is 202 g/mol. The van der Waals surface area contributed by atoms with Crippen LogP contribution >= 0.6 is 0 Å². The first-order valence-corrected chi connectivity index (χ1v) is 5.81. The fourth-order valence-corrected chi connectivity index (χ4v) is 1.49. The zero-order valence-corrected chi connectivity index (χ0v) is 9.91. The molecule has 0 fully saturated rings. The standard InChI is InChI=1S/C12H21N3O/c1-16-12-10-11(6-9-15-12)14-8-5-3-2-4-7-13/h6,9-10H,2-5,7-8,13H2,1H3,(H,14,15). The van der Waals surface area contributed by atoms with Crippen LogP contribution in [0.4, 0.5) is 5.69 Å². The lowest BCUT2D eigenvalue weighted by molar-refractivity contribution is 0.398. The minimum absolute atomic E-state index is 0.646. The van der Waals surface area contributed by atoms with Crippen molar-refractivity contribution >= 4 is 5.69 Å². The number of nitrogens with zero attached hydrogens (tertiary/aromatic N) is 1. The number of rotatable bonds is 8. The van der Waals surface area contributed by atoms with Crippen LogP contribution < -0.4 is 15.8 Å². The molecule has 1 aromatic heterocycles. The monoisotopic (exact) mass is 223 g/mol. The molecule has 1 heterocycles. The summed E-state index contributed by atoms with van der Waals surface area (Å²) in [7, 11) is 1.62. The number of unbranched alkanes of at least 4 members (excludes halogenated alkanes) is 3. The minimum Gasteiger partial charge on any atom is -0.481 e. The first-order valence-electron chi connectivity index (χ1n) is 5.81. The predicted octanol–water partition coefficient (Wildman–Crippen LogP) is 2.02. The van der Waals surface area contributed by atoms with Gasteiger partial charge in [-0.25, -0.2) is 4.98 Å². The van der Waals surface area contributed by atoms with E-state index in [2.05, 4.69) is 10.3 Å². The van der Waals surface area contributed by atoms with Gasteiger partial charge < -0.3 is 15.8 Å². The number of nitrogens with one attached hydrogen (secondary N) is 1. The normalized spacial score (nSPS) is 10.1. The van der Waals surface area contributed by atoms with Gasteiger partial charge in [-0.2, -0.15) is 0 Å². The first kappa shape index (κ1) is 12.8. The molecule has 0 aliphatic heterocycles. The Hall–Kier alpha value is -1.29. The molecule has 0 radical (unpaired) electrons. The molecule has 3 N–H and O–H groups in total. The van der Waals surface area contributed by atoms with Gasteiger partial charge in [0.1, 0.15) is 0 Å². The molecule has 0 atom stereocenters. The minimum atomic E-state index is 0.646. The van der Waals surface area contributed by atoms with Crippen LogP contribution in [-0.2, 0) is 0 Å². The summed E-state index contributed by atoms with van der Waals surface area (Å²) in [6, 6.07) is 3.85. The van der Waals surface area contributed by atoms with E-state index >= 15 is 0 Å². The van der Waals surface area contributed by atoms with E-state index in [0.29, 0.717) is 5.88 Å². The Morgan fingerprint density at radius 1 is 1.31 bits per heavy atom. The van der Waals surface area contributed by atoms with Gasteiger partial charge in [-0.3, -0.25) is 0 Å². The van der Waals surface area contributed by atoms with Crippen molar-refractivity contribution in [3.63, 3.8) is 0 Å². The second-order valence-electron chi connectivity index (χ2n) is 3.72. The highest BCUT2D eigenvalue weighted by Gasteiger charge is 1.95. The van der Waals surface area contributed by atoms with Crippen molar-refractivity contribution in [2.75, 3.05) is 25.5 Å². The highest BCUT2D eigenvalue weighted by atomic mass is 16.5. The molecule has 0 aromatic carbocycles. The van der Waals surface area contributed by atoms with E-state index in [9.17, 15) is 0 Å². The number of methoxy groups -OCH3 is 1. The number of aromatic nitrogens is 1. The zero-order chi connectivity index (χ0) is 11.6. The smallest absolute Gasteiger partial charge is 0.214 e. The summed E-state index contributed by atoms with van der Waals surface area (Å²) < 4.78 is 5.05. The van der Waals surface area contributed by atoms with Gasteiger partial charge in [0.05, 0.1) is 7.11 Å². The largest absolute Gasteiger partial charge is 0.481 e. The van der Waals surface area contributed by atoms with Crippen LogP contribution in [0.15, 0.2) is 18.3 Å². The van der Waals surface area contributed by atoms with Gasteiger partial charge in [-0.1, -0.05) is 12.8 Å². The van der Waals surface area contributed by atoms with Crippen LogP contribution in [0.5, 0.6) is 5.88 Å². The molecule has 0 amide bonds. The van der Waals surface area contributed by atoms with E-state index in [1.165, 1.54) is 19.3 Å². The molecule has 0 aliphatic rings. The van der Waals surface area contributed by atoms with Crippen molar-refractivity contribution in [3.05, 3.63) is 18.3 Å². The van der Waals surface area contributed by atoms with Crippen LogP contribution in [0.3, 0.4) is 0 Å². The van der Waals surface area contributed by atoms with Crippen LogP contribution in [0.2, 0.25) is 0 Å². The number of anilines is 1.